The maximum absolute atomic E-state index is 13.2. The van der Waals surface area contributed by atoms with Crippen molar-refractivity contribution in [1.82, 2.24) is 9.78 Å². The minimum Gasteiger partial charge on any atom is -0.358 e. The third-order valence-electron chi connectivity index (χ3n) is 3.80. The minimum atomic E-state index is -2.62. The van der Waals surface area contributed by atoms with E-state index in [0.29, 0.717) is 10.9 Å². The number of para-hydroxylation sites is 1. The van der Waals surface area contributed by atoms with Crippen molar-refractivity contribution in [2.45, 2.75) is 37.6 Å². The maximum atomic E-state index is 13.2. The van der Waals surface area contributed by atoms with Crippen molar-refractivity contribution < 1.29 is 13.7 Å². The zero-order chi connectivity index (χ0) is 14.3. The molecule has 0 saturated heterocycles. The van der Waals surface area contributed by atoms with Crippen molar-refractivity contribution >= 4 is 16.7 Å². The highest BCUT2D eigenvalue weighted by Gasteiger charge is 2.38. The first-order valence-corrected chi connectivity index (χ1v) is 6.47. The van der Waals surface area contributed by atoms with Crippen LogP contribution in [0.5, 0.6) is 0 Å². The first-order chi connectivity index (χ1) is 9.48. The number of fused-ring (bicyclic) bond motifs is 1. The van der Waals surface area contributed by atoms with Crippen molar-refractivity contribution in [1.29, 1.82) is 0 Å². The number of nitro groups is 1. The number of halogens is 2. The zero-order valence-corrected chi connectivity index (χ0v) is 10.6. The van der Waals surface area contributed by atoms with Gasteiger partial charge < -0.3 is 10.1 Å². The fourth-order valence-corrected chi connectivity index (χ4v) is 2.75. The summed E-state index contributed by atoms with van der Waals surface area (Å²) in [5.41, 5.74) is 0.634. The summed E-state index contributed by atoms with van der Waals surface area (Å²) in [5.74, 6) is -2.83. The normalized spacial score (nSPS) is 19.3. The Balaban J connectivity index is 2.02. The molecule has 5 nitrogen and oxygen atoms in total. The van der Waals surface area contributed by atoms with E-state index in [9.17, 15) is 18.9 Å². The Kier molecular flexibility index (Phi) is 2.92. The highest BCUT2D eigenvalue weighted by molar-refractivity contribution is 5.87. The second kappa shape index (κ2) is 4.50. The predicted molar refractivity (Wildman–Crippen MR) is 68.8 cm³/mol. The van der Waals surface area contributed by atoms with Crippen LogP contribution in [0.2, 0.25) is 0 Å². The number of hydrogen-bond donors (Lipinski definition) is 0. The molecule has 0 aliphatic heterocycles. The summed E-state index contributed by atoms with van der Waals surface area (Å²) in [5, 5.41) is 15.5. The SMILES string of the molecule is O=[N+]([O-])c1nn(C2CCC(F)(F)CC2)c2ccccc12. The molecule has 2 aromatic rings. The second-order valence-corrected chi connectivity index (χ2v) is 5.13. The van der Waals surface area contributed by atoms with E-state index < -0.39 is 10.8 Å². The first-order valence-electron chi connectivity index (χ1n) is 6.47. The van der Waals surface area contributed by atoms with Gasteiger partial charge in [-0.1, -0.05) is 12.1 Å². The van der Waals surface area contributed by atoms with Gasteiger partial charge in [0, 0.05) is 12.8 Å². The van der Waals surface area contributed by atoms with Crippen LogP contribution in [0.3, 0.4) is 0 Å². The molecular formula is C13H13F2N3O2. The molecule has 1 heterocycles. The summed E-state index contributed by atoms with van der Waals surface area (Å²) in [4.78, 5) is 10.5. The molecule has 0 spiro atoms. The van der Waals surface area contributed by atoms with E-state index in [1.54, 1.807) is 28.9 Å². The van der Waals surface area contributed by atoms with Gasteiger partial charge in [-0.3, -0.25) is 0 Å². The molecule has 7 heteroatoms. The standard InChI is InChI=1S/C13H13F2N3O2/c14-13(15)7-5-9(6-8-13)17-11-4-2-1-3-10(11)12(16-17)18(19)20/h1-4,9H,5-8H2. The highest BCUT2D eigenvalue weighted by Crippen LogP contribution is 2.40. The molecule has 1 aromatic heterocycles. The molecular weight excluding hydrogens is 268 g/mol. The summed E-state index contributed by atoms with van der Waals surface area (Å²) >= 11 is 0. The smallest absolute Gasteiger partial charge is 0.358 e. The molecule has 1 fully saturated rings. The quantitative estimate of drug-likeness (QED) is 0.623. The molecule has 0 N–H and O–H groups in total. The Hall–Kier alpha value is -2.05. The topological polar surface area (TPSA) is 61.0 Å². The van der Waals surface area contributed by atoms with E-state index in [-0.39, 0.29) is 37.5 Å². The maximum Gasteiger partial charge on any atom is 0.397 e. The lowest BCUT2D eigenvalue weighted by atomic mass is 9.92. The van der Waals surface area contributed by atoms with Gasteiger partial charge in [-0.25, -0.2) is 8.78 Å². The van der Waals surface area contributed by atoms with Crippen LogP contribution in [0, 0.1) is 10.1 Å². The molecule has 0 unspecified atom stereocenters. The van der Waals surface area contributed by atoms with E-state index >= 15 is 0 Å². The van der Waals surface area contributed by atoms with Crippen LogP contribution < -0.4 is 0 Å². The van der Waals surface area contributed by atoms with Gasteiger partial charge in [0.05, 0.1) is 16.7 Å². The number of alkyl halides is 2. The van der Waals surface area contributed by atoms with Crippen molar-refractivity contribution in [2.75, 3.05) is 0 Å². The van der Waals surface area contributed by atoms with E-state index in [1.165, 1.54) is 0 Å². The Morgan fingerprint density at radius 3 is 2.60 bits per heavy atom. The number of aromatic nitrogens is 2. The van der Waals surface area contributed by atoms with Gasteiger partial charge in [0.25, 0.3) is 0 Å². The van der Waals surface area contributed by atoms with Gasteiger partial charge in [0.1, 0.15) is 5.39 Å². The van der Waals surface area contributed by atoms with Gasteiger partial charge in [0.15, 0.2) is 0 Å². The summed E-state index contributed by atoms with van der Waals surface area (Å²) in [6.07, 6.45) is 0.185. The van der Waals surface area contributed by atoms with Crippen LogP contribution in [-0.2, 0) is 0 Å². The van der Waals surface area contributed by atoms with Gasteiger partial charge in [-0.05, 0) is 29.9 Å². The van der Waals surface area contributed by atoms with Gasteiger partial charge >= 0.3 is 5.82 Å². The summed E-state index contributed by atoms with van der Waals surface area (Å²) in [7, 11) is 0. The van der Waals surface area contributed by atoms with Crippen LogP contribution in [0.4, 0.5) is 14.6 Å². The molecule has 0 atom stereocenters. The zero-order valence-electron chi connectivity index (χ0n) is 10.6. The molecule has 0 radical (unpaired) electrons. The third-order valence-corrected chi connectivity index (χ3v) is 3.80. The lowest BCUT2D eigenvalue weighted by Gasteiger charge is -2.27. The summed E-state index contributed by atoms with van der Waals surface area (Å²) in [6, 6.07) is 6.64. The lowest BCUT2D eigenvalue weighted by Crippen LogP contribution is -2.26. The predicted octanol–water partition coefficient (Wildman–Crippen LogP) is 3.69. The minimum absolute atomic E-state index is 0.195. The van der Waals surface area contributed by atoms with Crippen molar-refractivity contribution in [3.8, 4) is 0 Å². The van der Waals surface area contributed by atoms with Gasteiger partial charge in [-0.2, -0.15) is 4.68 Å². The van der Waals surface area contributed by atoms with E-state index in [2.05, 4.69) is 5.10 Å². The number of nitrogens with zero attached hydrogens (tertiary/aromatic N) is 3. The molecule has 0 bridgehead atoms. The molecule has 1 aliphatic carbocycles. The van der Waals surface area contributed by atoms with Crippen molar-refractivity contribution in [3.63, 3.8) is 0 Å². The second-order valence-electron chi connectivity index (χ2n) is 5.13. The Bertz CT molecular complexity index is 659. The van der Waals surface area contributed by atoms with E-state index in [4.69, 9.17) is 0 Å². The van der Waals surface area contributed by atoms with Crippen molar-refractivity contribution in [2.24, 2.45) is 0 Å². The van der Waals surface area contributed by atoms with E-state index in [0.717, 1.165) is 0 Å². The van der Waals surface area contributed by atoms with Crippen molar-refractivity contribution in [3.05, 3.63) is 34.4 Å². The molecule has 0 amide bonds. The lowest BCUT2D eigenvalue weighted by molar-refractivity contribution is -0.388. The van der Waals surface area contributed by atoms with Gasteiger partial charge in [0.2, 0.25) is 5.92 Å². The number of benzene rings is 1. The Morgan fingerprint density at radius 2 is 1.95 bits per heavy atom. The molecule has 1 aliphatic rings. The Morgan fingerprint density at radius 1 is 1.30 bits per heavy atom. The monoisotopic (exact) mass is 281 g/mol. The first kappa shape index (κ1) is 13.0. The number of rotatable bonds is 2. The average molecular weight is 281 g/mol. The van der Waals surface area contributed by atoms with Crippen LogP contribution in [0.15, 0.2) is 24.3 Å². The fraction of sp³-hybridized carbons (Fsp3) is 0.462. The highest BCUT2D eigenvalue weighted by atomic mass is 19.3. The summed E-state index contributed by atoms with van der Waals surface area (Å²) in [6.45, 7) is 0. The molecule has 1 aromatic carbocycles. The third kappa shape index (κ3) is 2.13. The molecule has 1 saturated carbocycles. The Labute approximate surface area is 113 Å². The van der Waals surface area contributed by atoms with Crippen LogP contribution in [0.25, 0.3) is 10.9 Å². The van der Waals surface area contributed by atoms with Gasteiger partial charge in [-0.15, -0.1) is 0 Å². The molecule has 20 heavy (non-hydrogen) atoms. The van der Waals surface area contributed by atoms with Crippen LogP contribution >= 0.6 is 0 Å². The van der Waals surface area contributed by atoms with E-state index in [1.807, 2.05) is 0 Å². The van der Waals surface area contributed by atoms with Crippen LogP contribution in [-0.4, -0.2) is 20.6 Å². The fourth-order valence-electron chi connectivity index (χ4n) is 2.75. The summed E-state index contributed by atoms with van der Waals surface area (Å²) < 4.78 is 28.0. The molecule has 3 rings (SSSR count). The largest absolute Gasteiger partial charge is 0.397 e. The van der Waals surface area contributed by atoms with Crippen LogP contribution in [0.1, 0.15) is 31.7 Å². The number of hydrogen-bond acceptors (Lipinski definition) is 3. The average Bonchev–Trinajstić information content (AvgIpc) is 2.79. The molecule has 106 valence electrons.